The first-order chi connectivity index (χ1) is 13.0. The molecule has 1 atom stereocenters. The van der Waals surface area contributed by atoms with Crippen LogP contribution in [0.25, 0.3) is 0 Å². The standard InChI is InChI=1S/C19H27N5O3/c1-13(2)18-22-19(27-23-18)14(3)20-15-4-6-16(7-5-15)21-17(25)12-24-8-10-26-11-9-24/h4-7,13-14,20H,8-12H2,1-3H3,(H,21,25). The summed E-state index contributed by atoms with van der Waals surface area (Å²) < 4.78 is 10.6. The van der Waals surface area contributed by atoms with Crippen LogP contribution >= 0.6 is 0 Å². The van der Waals surface area contributed by atoms with Crippen LogP contribution in [0, 0.1) is 0 Å². The van der Waals surface area contributed by atoms with Crippen LogP contribution in [-0.4, -0.2) is 53.8 Å². The van der Waals surface area contributed by atoms with Crippen LogP contribution in [-0.2, 0) is 9.53 Å². The lowest BCUT2D eigenvalue weighted by molar-refractivity contribution is -0.118. The van der Waals surface area contributed by atoms with Gasteiger partial charge >= 0.3 is 0 Å². The van der Waals surface area contributed by atoms with Gasteiger partial charge < -0.3 is 19.9 Å². The summed E-state index contributed by atoms with van der Waals surface area (Å²) in [6.45, 7) is 9.36. The summed E-state index contributed by atoms with van der Waals surface area (Å²) in [7, 11) is 0. The highest BCUT2D eigenvalue weighted by atomic mass is 16.5. The van der Waals surface area contributed by atoms with Gasteiger partial charge in [-0.05, 0) is 31.2 Å². The highest BCUT2D eigenvalue weighted by Gasteiger charge is 2.16. The maximum Gasteiger partial charge on any atom is 0.248 e. The summed E-state index contributed by atoms with van der Waals surface area (Å²) >= 11 is 0. The fourth-order valence-electron chi connectivity index (χ4n) is 2.78. The number of rotatable bonds is 7. The third-order valence-electron chi connectivity index (χ3n) is 4.37. The number of hydrogen-bond donors (Lipinski definition) is 2. The lowest BCUT2D eigenvalue weighted by Crippen LogP contribution is -2.41. The Morgan fingerprint density at radius 1 is 1.15 bits per heavy atom. The zero-order valence-electron chi connectivity index (χ0n) is 16.1. The van der Waals surface area contributed by atoms with E-state index in [0.29, 0.717) is 31.5 Å². The van der Waals surface area contributed by atoms with E-state index in [-0.39, 0.29) is 17.9 Å². The van der Waals surface area contributed by atoms with Crippen LogP contribution in [0.15, 0.2) is 28.8 Å². The Morgan fingerprint density at radius 3 is 2.44 bits per heavy atom. The Hall–Kier alpha value is -2.45. The fraction of sp³-hybridized carbons (Fsp3) is 0.526. The van der Waals surface area contributed by atoms with Gasteiger partial charge in [0.2, 0.25) is 11.8 Å². The van der Waals surface area contributed by atoms with E-state index in [4.69, 9.17) is 9.26 Å². The normalized spacial score (nSPS) is 16.3. The molecule has 1 aliphatic rings. The molecule has 1 saturated heterocycles. The van der Waals surface area contributed by atoms with E-state index in [9.17, 15) is 4.79 Å². The molecule has 0 aliphatic carbocycles. The molecule has 0 bridgehead atoms. The minimum Gasteiger partial charge on any atom is -0.379 e. The molecule has 1 fully saturated rings. The Kier molecular flexibility index (Phi) is 6.41. The first-order valence-electron chi connectivity index (χ1n) is 9.31. The van der Waals surface area contributed by atoms with Gasteiger partial charge in [0, 0.05) is 30.4 Å². The topological polar surface area (TPSA) is 92.5 Å². The summed E-state index contributed by atoms with van der Waals surface area (Å²) in [5, 5.41) is 10.2. The van der Waals surface area contributed by atoms with E-state index in [1.165, 1.54) is 0 Å². The molecule has 0 spiro atoms. The third-order valence-corrected chi connectivity index (χ3v) is 4.37. The predicted octanol–water partition coefficient (Wildman–Crippen LogP) is 2.64. The van der Waals surface area contributed by atoms with Crippen molar-refractivity contribution in [2.24, 2.45) is 0 Å². The number of aromatic nitrogens is 2. The van der Waals surface area contributed by atoms with Gasteiger partial charge in [-0.2, -0.15) is 4.98 Å². The zero-order valence-corrected chi connectivity index (χ0v) is 16.1. The number of anilines is 2. The van der Waals surface area contributed by atoms with Crippen molar-refractivity contribution in [3.05, 3.63) is 36.0 Å². The SMILES string of the molecule is CC(C)c1noc(C(C)Nc2ccc(NC(=O)CN3CCOCC3)cc2)n1. The Labute approximate surface area is 159 Å². The third kappa shape index (κ3) is 5.51. The highest BCUT2D eigenvalue weighted by Crippen LogP contribution is 2.21. The molecule has 3 rings (SSSR count). The molecule has 2 heterocycles. The molecular weight excluding hydrogens is 346 g/mol. The molecule has 0 saturated carbocycles. The van der Waals surface area contributed by atoms with Crippen LogP contribution < -0.4 is 10.6 Å². The second-order valence-corrected chi connectivity index (χ2v) is 7.03. The first-order valence-corrected chi connectivity index (χ1v) is 9.31. The van der Waals surface area contributed by atoms with Crippen molar-refractivity contribution in [1.82, 2.24) is 15.0 Å². The largest absolute Gasteiger partial charge is 0.379 e. The number of nitrogens with one attached hydrogen (secondary N) is 2. The Balaban J connectivity index is 1.51. The Bertz CT molecular complexity index is 738. The second-order valence-electron chi connectivity index (χ2n) is 7.03. The smallest absolute Gasteiger partial charge is 0.248 e. The van der Waals surface area contributed by atoms with Gasteiger partial charge in [0.1, 0.15) is 6.04 Å². The number of hydrogen-bond acceptors (Lipinski definition) is 7. The van der Waals surface area contributed by atoms with E-state index >= 15 is 0 Å². The van der Waals surface area contributed by atoms with Crippen molar-refractivity contribution in [3.63, 3.8) is 0 Å². The van der Waals surface area contributed by atoms with Crippen molar-refractivity contribution < 1.29 is 14.1 Å². The van der Waals surface area contributed by atoms with Gasteiger partial charge in [0.05, 0.1) is 19.8 Å². The lowest BCUT2D eigenvalue weighted by atomic mass is 10.2. The van der Waals surface area contributed by atoms with E-state index in [1.807, 2.05) is 45.0 Å². The molecule has 27 heavy (non-hydrogen) atoms. The molecule has 8 heteroatoms. The zero-order chi connectivity index (χ0) is 19.2. The number of benzene rings is 1. The minimum atomic E-state index is -0.105. The average molecular weight is 373 g/mol. The van der Waals surface area contributed by atoms with E-state index < -0.39 is 0 Å². The molecule has 2 aromatic rings. The quantitative estimate of drug-likeness (QED) is 0.771. The van der Waals surface area contributed by atoms with E-state index in [2.05, 4.69) is 25.7 Å². The lowest BCUT2D eigenvalue weighted by Gasteiger charge is -2.25. The van der Waals surface area contributed by atoms with E-state index in [1.54, 1.807) is 0 Å². The number of carbonyl (C=O) groups excluding carboxylic acids is 1. The fourth-order valence-corrected chi connectivity index (χ4v) is 2.78. The van der Waals surface area contributed by atoms with Gasteiger partial charge in [-0.1, -0.05) is 19.0 Å². The molecule has 0 radical (unpaired) electrons. The van der Waals surface area contributed by atoms with Crippen LogP contribution in [0.2, 0.25) is 0 Å². The molecule has 1 unspecified atom stereocenters. The van der Waals surface area contributed by atoms with Crippen molar-refractivity contribution in [1.29, 1.82) is 0 Å². The van der Waals surface area contributed by atoms with Crippen molar-refractivity contribution >= 4 is 17.3 Å². The van der Waals surface area contributed by atoms with Crippen molar-refractivity contribution in [2.75, 3.05) is 43.5 Å². The summed E-state index contributed by atoms with van der Waals surface area (Å²) in [6.07, 6.45) is 0. The van der Waals surface area contributed by atoms with Gasteiger partial charge in [0.15, 0.2) is 5.82 Å². The van der Waals surface area contributed by atoms with Gasteiger partial charge in [-0.15, -0.1) is 0 Å². The number of carbonyl (C=O) groups is 1. The number of nitrogens with zero attached hydrogens (tertiary/aromatic N) is 3. The van der Waals surface area contributed by atoms with Gasteiger partial charge in [0.25, 0.3) is 0 Å². The maximum absolute atomic E-state index is 12.1. The molecule has 1 aromatic carbocycles. The molecule has 1 aliphatic heterocycles. The maximum atomic E-state index is 12.1. The molecule has 2 N–H and O–H groups in total. The average Bonchev–Trinajstić information content (AvgIpc) is 3.15. The van der Waals surface area contributed by atoms with Crippen LogP contribution in [0.5, 0.6) is 0 Å². The summed E-state index contributed by atoms with van der Waals surface area (Å²) in [4.78, 5) is 18.6. The first kappa shape index (κ1) is 19.3. The summed E-state index contributed by atoms with van der Waals surface area (Å²) in [5.41, 5.74) is 1.68. The van der Waals surface area contributed by atoms with Crippen molar-refractivity contribution in [2.45, 2.75) is 32.7 Å². The van der Waals surface area contributed by atoms with Crippen molar-refractivity contribution in [3.8, 4) is 0 Å². The van der Waals surface area contributed by atoms with Gasteiger partial charge in [-0.3, -0.25) is 9.69 Å². The van der Waals surface area contributed by atoms with E-state index in [0.717, 1.165) is 24.5 Å². The summed E-state index contributed by atoms with van der Waals surface area (Å²) in [5.74, 6) is 1.48. The second kappa shape index (κ2) is 8.96. The van der Waals surface area contributed by atoms with Gasteiger partial charge in [-0.25, -0.2) is 0 Å². The predicted molar refractivity (Wildman–Crippen MR) is 103 cm³/mol. The number of ether oxygens (including phenoxy) is 1. The monoisotopic (exact) mass is 373 g/mol. The molecule has 1 aromatic heterocycles. The molecule has 1 amide bonds. The highest BCUT2D eigenvalue weighted by molar-refractivity contribution is 5.92. The number of morpholine rings is 1. The molecular formula is C19H27N5O3. The van der Waals surface area contributed by atoms with Crippen LogP contribution in [0.4, 0.5) is 11.4 Å². The Morgan fingerprint density at radius 2 is 1.81 bits per heavy atom. The van der Waals surface area contributed by atoms with Crippen LogP contribution in [0.1, 0.15) is 44.4 Å². The molecule has 146 valence electrons. The molecule has 8 nitrogen and oxygen atoms in total. The van der Waals surface area contributed by atoms with Crippen LogP contribution in [0.3, 0.4) is 0 Å². The minimum absolute atomic E-state index is 0.0157. The number of amides is 1. The summed E-state index contributed by atoms with van der Waals surface area (Å²) in [6, 6.07) is 7.48.